The van der Waals surface area contributed by atoms with Crippen molar-refractivity contribution >= 4 is 0 Å². The third-order valence-corrected chi connectivity index (χ3v) is 6.39. The molecular weight excluding hydrogens is 312 g/mol. The number of hydrogen-bond donors (Lipinski definition) is 1. The van der Waals surface area contributed by atoms with Gasteiger partial charge in [0.15, 0.2) is 17.9 Å². The molecule has 136 valence electrons. The Labute approximate surface area is 142 Å². The third kappa shape index (κ3) is 2.54. The summed E-state index contributed by atoms with van der Waals surface area (Å²) in [5.41, 5.74) is 0. The van der Waals surface area contributed by atoms with Gasteiger partial charge in [0.25, 0.3) is 0 Å². The second-order valence-corrected chi connectivity index (χ2v) is 8.07. The molecule has 2 saturated carbocycles. The smallest absolute Gasteiger partial charge is 0.190 e. The van der Waals surface area contributed by atoms with Crippen LogP contribution >= 0.6 is 0 Å². The molecule has 24 heavy (non-hydrogen) atoms. The quantitative estimate of drug-likeness (QED) is 0.789. The van der Waals surface area contributed by atoms with Crippen molar-refractivity contribution in [3.63, 3.8) is 0 Å². The van der Waals surface area contributed by atoms with Crippen LogP contribution in [0.15, 0.2) is 0 Å². The zero-order chi connectivity index (χ0) is 16.2. The van der Waals surface area contributed by atoms with Gasteiger partial charge in [0.1, 0.15) is 24.4 Å². The molecule has 5 atom stereocenters. The topological polar surface area (TPSA) is 66.4 Å². The Morgan fingerprint density at radius 3 is 2.04 bits per heavy atom. The predicted octanol–water partition coefficient (Wildman–Crippen LogP) is 2.22. The van der Waals surface area contributed by atoms with Crippen LogP contribution in [0, 0.1) is 0 Å². The van der Waals surface area contributed by atoms with E-state index in [0.717, 1.165) is 51.4 Å². The summed E-state index contributed by atoms with van der Waals surface area (Å²) in [7, 11) is 0. The van der Waals surface area contributed by atoms with Crippen LogP contribution in [0.1, 0.15) is 64.2 Å². The lowest BCUT2D eigenvalue weighted by Crippen LogP contribution is -2.44. The Hall–Kier alpha value is -0.240. The summed E-state index contributed by atoms with van der Waals surface area (Å²) in [6, 6.07) is 0. The van der Waals surface area contributed by atoms with Crippen molar-refractivity contribution in [1.82, 2.24) is 0 Å². The van der Waals surface area contributed by atoms with Crippen molar-refractivity contribution < 1.29 is 28.8 Å². The zero-order valence-electron chi connectivity index (χ0n) is 14.2. The van der Waals surface area contributed by atoms with Crippen LogP contribution in [0.3, 0.4) is 0 Å². The fourth-order valence-corrected chi connectivity index (χ4v) is 5.09. The third-order valence-electron chi connectivity index (χ3n) is 6.39. The SMILES string of the molecule is O[C@H]1C([C@@H]2COC3(CCCCC3)O2)O[C@@H]2OC3(CCCCC3)O[C@@H]21. The Balaban J connectivity index is 1.24. The standard InChI is InChI=1S/C18H28O6/c19-13-14(12-11-20-17(22-12)7-3-1-4-8-17)21-16-15(13)23-18(24-16)9-5-2-6-10-18/h12-16,19H,1-11H2/t12-,13-,14?,15+,16+/m0/s1. The molecule has 0 aromatic rings. The van der Waals surface area contributed by atoms with E-state index in [0.29, 0.717) is 6.61 Å². The largest absolute Gasteiger partial charge is 0.387 e. The maximum atomic E-state index is 10.8. The number of rotatable bonds is 1. The summed E-state index contributed by atoms with van der Waals surface area (Å²) in [6.07, 6.45) is 8.38. The first-order valence-corrected chi connectivity index (χ1v) is 9.70. The van der Waals surface area contributed by atoms with Gasteiger partial charge in [-0.05, 0) is 25.7 Å². The van der Waals surface area contributed by atoms with Crippen LogP contribution in [0.25, 0.3) is 0 Å². The second-order valence-electron chi connectivity index (χ2n) is 8.07. The molecule has 0 amide bonds. The highest BCUT2D eigenvalue weighted by Gasteiger charge is 2.60. The molecule has 2 spiro atoms. The van der Waals surface area contributed by atoms with E-state index in [-0.39, 0.29) is 6.10 Å². The number of aliphatic hydroxyl groups excluding tert-OH is 1. The molecule has 3 heterocycles. The van der Waals surface area contributed by atoms with Crippen molar-refractivity contribution in [3.05, 3.63) is 0 Å². The number of ether oxygens (including phenoxy) is 5. The highest BCUT2D eigenvalue weighted by Crippen LogP contribution is 2.47. The molecule has 6 heteroatoms. The average molecular weight is 340 g/mol. The van der Waals surface area contributed by atoms with E-state index < -0.39 is 36.2 Å². The van der Waals surface area contributed by atoms with E-state index in [1.54, 1.807) is 0 Å². The minimum Gasteiger partial charge on any atom is -0.387 e. The Morgan fingerprint density at radius 1 is 0.708 bits per heavy atom. The molecule has 6 nitrogen and oxygen atoms in total. The van der Waals surface area contributed by atoms with Gasteiger partial charge >= 0.3 is 0 Å². The summed E-state index contributed by atoms with van der Waals surface area (Å²) in [6.45, 7) is 0.478. The summed E-state index contributed by atoms with van der Waals surface area (Å²) >= 11 is 0. The molecule has 3 aliphatic heterocycles. The number of hydrogen-bond acceptors (Lipinski definition) is 6. The predicted molar refractivity (Wildman–Crippen MR) is 83.1 cm³/mol. The first-order valence-electron chi connectivity index (χ1n) is 9.70. The van der Waals surface area contributed by atoms with Crippen molar-refractivity contribution in [2.45, 2.75) is 106 Å². The maximum absolute atomic E-state index is 10.8. The van der Waals surface area contributed by atoms with Crippen molar-refractivity contribution in [1.29, 1.82) is 0 Å². The van der Waals surface area contributed by atoms with Gasteiger partial charge < -0.3 is 28.8 Å². The fraction of sp³-hybridized carbons (Fsp3) is 1.00. The first-order chi connectivity index (χ1) is 11.7. The maximum Gasteiger partial charge on any atom is 0.190 e. The van der Waals surface area contributed by atoms with Gasteiger partial charge in [-0.3, -0.25) is 0 Å². The minimum absolute atomic E-state index is 0.238. The van der Waals surface area contributed by atoms with Crippen molar-refractivity contribution in [2.24, 2.45) is 0 Å². The lowest BCUT2D eigenvalue weighted by atomic mass is 9.94. The van der Waals surface area contributed by atoms with Gasteiger partial charge in [-0.1, -0.05) is 12.8 Å². The normalized spacial score (nSPS) is 46.6. The van der Waals surface area contributed by atoms with Crippen LogP contribution < -0.4 is 0 Å². The Bertz CT molecular complexity index is 470. The highest BCUT2D eigenvalue weighted by molar-refractivity contribution is 5.00. The second kappa shape index (κ2) is 5.89. The first kappa shape index (κ1) is 16.0. The average Bonchev–Trinajstić information content (AvgIpc) is 3.23. The van der Waals surface area contributed by atoms with Gasteiger partial charge in [0.05, 0.1) is 6.61 Å². The number of fused-ring (bicyclic) bond motifs is 1. The van der Waals surface area contributed by atoms with Gasteiger partial charge in [-0.15, -0.1) is 0 Å². The summed E-state index contributed by atoms with van der Waals surface area (Å²) in [4.78, 5) is 0. The van der Waals surface area contributed by atoms with Crippen molar-refractivity contribution in [3.8, 4) is 0 Å². The molecule has 1 unspecified atom stereocenters. The van der Waals surface area contributed by atoms with E-state index in [9.17, 15) is 5.11 Å². The molecule has 0 aromatic carbocycles. The molecular formula is C18H28O6. The van der Waals surface area contributed by atoms with E-state index in [4.69, 9.17) is 23.7 Å². The Morgan fingerprint density at radius 2 is 1.38 bits per heavy atom. The molecule has 1 N–H and O–H groups in total. The van der Waals surface area contributed by atoms with E-state index in [1.807, 2.05) is 0 Å². The van der Waals surface area contributed by atoms with Gasteiger partial charge in [-0.2, -0.15) is 0 Å². The monoisotopic (exact) mass is 340 g/mol. The minimum atomic E-state index is -0.719. The van der Waals surface area contributed by atoms with Crippen LogP contribution in [-0.2, 0) is 23.7 Å². The van der Waals surface area contributed by atoms with Gasteiger partial charge in [0, 0.05) is 25.7 Å². The molecule has 2 aliphatic carbocycles. The molecule has 0 aromatic heterocycles. The summed E-state index contributed by atoms with van der Waals surface area (Å²) < 4.78 is 30.5. The van der Waals surface area contributed by atoms with Gasteiger partial charge in [-0.25, -0.2) is 0 Å². The number of aliphatic hydroxyl groups is 1. The van der Waals surface area contributed by atoms with Crippen molar-refractivity contribution in [2.75, 3.05) is 6.61 Å². The molecule has 0 radical (unpaired) electrons. The van der Waals surface area contributed by atoms with Crippen LogP contribution in [0.4, 0.5) is 0 Å². The highest BCUT2D eigenvalue weighted by atomic mass is 16.8. The zero-order valence-corrected chi connectivity index (χ0v) is 14.2. The van der Waals surface area contributed by atoms with Gasteiger partial charge in [0.2, 0.25) is 0 Å². The van der Waals surface area contributed by atoms with Crippen LogP contribution in [0.2, 0.25) is 0 Å². The molecule has 5 fully saturated rings. The van der Waals surface area contributed by atoms with Crippen LogP contribution in [-0.4, -0.2) is 54.0 Å². The molecule has 5 aliphatic rings. The van der Waals surface area contributed by atoms with E-state index in [1.165, 1.54) is 12.8 Å². The summed E-state index contributed by atoms with van der Waals surface area (Å²) in [5, 5.41) is 10.8. The lowest BCUT2D eigenvalue weighted by molar-refractivity contribution is -0.259. The summed E-state index contributed by atoms with van der Waals surface area (Å²) in [5.74, 6) is -0.979. The molecule has 5 rings (SSSR count). The lowest BCUT2D eigenvalue weighted by Gasteiger charge is -2.34. The van der Waals surface area contributed by atoms with E-state index >= 15 is 0 Å². The van der Waals surface area contributed by atoms with Crippen LogP contribution in [0.5, 0.6) is 0 Å². The molecule has 3 saturated heterocycles. The fourth-order valence-electron chi connectivity index (χ4n) is 5.09. The Kier molecular flexibility index (Phi) is 3.92. The molecule has 0 bridgehead atoms. The van der Waals surface area contributed by atoms with E-state index in [2.05, 4.69) is 0 Å².